The molecule has 4 atom stereocenters. The maximum absolute atomic E-state index is 14.2. The summed E-state index contributed by atoms with van der Waals surface area (Å²) in [5.41, 5.74) is -3.59. The molecule has 41 heavy (non-hydrogen) atoms. The van der Waals surface area contributed by atoms with Gasteiger partial charge in [-0.2, -0.15) is 0 Å². The van der Waals surface area contributed by atoms with E-state index >= 15 is 0 Å². The van der Waals surface area contributed by atoms with Gasteiger partial charge in [-0.05, 0) is 45.7 Å². The number of benzene rings is 2. The average Bonchev–Trinajstić information content (AvgIpc) is 3.20. The predicted octanol–water partition coefficient (Wildman–Crippen LogP) is 5.27. The van der Waals surface area contributed by atoms with Crippen molar-refractivity contribution >= 4 is 28.9 Å². The molecule has 2 fully saturated rings. The molecule has 6 rings (SSSR count). The van der Waals surface area contributed by atoms with E-state index in [9.17, 15) is 19.2 Å². The summed E-state index contributed by atoms with van der Waals surface area (Å²) in [4.78, 5) is 52.7. The second kappa shape index (κ2) is 8.68. The zero-order valence-corrected chi connectivity index (χ0v) is 23.9. The van der Waals surface area contributed by atoms with Crippen LogP contribution in [0.2, 0.25) is 0 Å². The zero-order chi connectivity index (χ0) is 29.5. The van der Waals surface area contributed by atoms with Gasteiger partial charge < -0.3 is 23.4 Å². The molecule has 9 nitrogen and oxygen atoms in total. The zero-order valence-electron chi connectivity index (χ0n) is 23.9. The van der Waals surface area contributed by atoms with Crippen LogP contribution in [0.15, 0.2) is 57.7 Å². The molecule has 9 heteroatoms. The molecule has 1 saturated heterocycles. The Morgan fingerprint density at radius 1 is 0.902 bits per heavy atom. The first kappa shape index (κ1) is 27.1. The van der Waals surface area contributed by atoms with Gasteiger partial charge in [-0.15, -0.1) is 0 Å². The largest absolute Gasteiger partial charge is 0.483 e. The fourth-order valence-corrected chi connectivity index (χ4v) is 6.60. The fraction of sp³-hybridized carbons (Fsp3) is 0.438. The summed E-state index contributed by atoms with van der Waals surface area (Å²) in [6.07, 6.45) is -1.59. The van der Waals surface area contributed by atoms with Crippen molar-refractivity contribution in [3.8, 4) is 17.1 Å². The van der Waals surface area contributed by atoms with E-state index in [1.165, 1.54) is 13.0 Å². The molecule has 0 radical (unpaired) electrons. The third-order valence-electron chi connectivity index (χ3n) is 9.51. The Morgan fingerprint density at radius 2 is 1.61 bits per heavy atom. The Labute approximate surface area is 236 Å². The number of rotatable bonds is 4. The molecule has 0 N–H and O–H groups in total. The molecule has 2 aliphatic heterocycles. The van der Waals surface area contributed by atoms with Crippen molar-refractivity contribution in [2.45, 2.75) is 77.8 Å². The maximum atomic E-state index is 14.2. The lowest BCUT2D eigenvalue weighted by Crippen LogP contribution is -2.55. The Morgan fingerprint density at radius 3 is 2.22 bits per heavy atom. The number of carbonyl (C=O) groups is 3. The smallest absolute Gasteiger partial charge is 0.351 e. The van der Waals surface area contributed by atoms with Crippen molar-refractivity contribution in [1.82, 2.24) is 0 Å². The standard InChI is InChI=1S/C32H32O9/c1-17(33)37-26-25(39-28(36)32-15-14-31(6,27(35)41-32)30(32,4)5)23-21(40-29(26,2)3)13-12-19-20(34)16-22(38-24(19)23)18-10-8-7-9-11-18/h7-13,16,25-26H,14-15H2,1-6H3/t25-,26-,31?,32?/m1/s1. The van der Waals surface area contributed by atoms with Crippen LogP contribution in [-0.4, -0.2) is 35.2 Å². The van der Waals surface area contributed by atoms with Gasteiger partial charge in [-0.1, -0.05) is 44.2 Å². The minimum absolute atomic E-state index is 0.149. The third-order valence-corrected chi connectivity index (χ3v) is 9.51. The van der Waals surface area contributed by atoms with Crippen LogP contribution in [0.4, 0.5) is 0 Å². The number of fused-ring (bicyclic) bond motifs is 5. The van der Waals surface area contributed by atoms with Gasteiger partial charge in [0.1, 0.15) is 22.7 Å². The summed E-state index contributed by atoms with van der Waals surface area (Å²) in [5, 5.41) is 0.244. The number of carbonyl (C=O) groups excluding carboxylic acids is 3. The Balaban J connectivity index is 1.55. The van der Waals surface area contributed by atoms with E-state index in [0.717, 1.165) is 0 Å². The first-order valence-corrected chi connectivity index (χ1v) is 13.7. The van der Waals surface area contributed by atoms with Crippen molar-refractivity contribution in [3.63, 3.8) is 0 Å². The van der Waals surface area contributed by atoms with Gasteiger partial charge in [0.2, 0.25) is 5.60 Å². The second-order valence-corrected chi connectivity index (χ2v) is 12.4. The SMILES string of the molecule is CC(=O)O[C@@H]1[C@H](OC(=O)C23CCC(C)(C(=O)O2)C3(C)C)c2c(ccc3c(=O)cc(-c4ccccc4)oc23)OC1(C)C. The predicted molar refractivity (Wildman–Crippen MR) is 147 cm³/mol. The lowest BCUT2D eigenvalue weighted by Gasteiger charge is -2.44. The molecule has 3 aliphatic rings. The number of hydrogen-bond donors (Lipinski definition) is 0. The van der Waals surface area contributed by atoms with Crippen LogP contribution in [-0.2, 0) is 28.6 Å². The van der Waals surface area contributed by atoms with Crippen LogP contribution in [0.25, 0.3) is 22.3 Å². The van der Waals surface area contributed by atoms with E-state index < -0.39 is 52.1 Å². The van der Waals surface area contributed by atoms with Gasteiger partial charge in [-0.3, -0.25) is 14.4 Å². The topological polar surface area (TPSA) is 118 Å². The Kier molecular flexibility index (Phi) is 5.73. The van der Waals surface area contributed by atoms with E-state index in [-0.39, 0.29) is 22.0 Å². The lowest BCUT2D eigenvalue weighted by atomic mass is 9.66. The van der Waals surface area contributed by atoms with E-state index in [1.54, 1.807) is 32.9 Å². The van der Waals surface area contributed by atoms with E-state index in [0.29, 0.717) is 29.9 Å². The molecule has 0 spiro atoms. The van der Waals surface area contributed by atoms with Crippen molar-refractivity contribution in [2.24, 2.45) is 10.8 Å². The quantitative estimate of drug-likeness (QED) is 0.311. The van der Waals surface area contributed by atoms with Crippen molar-refractivity contribution < 1.29 is 37.7 Å². The number of esters is 3. The van der Waals surface area contributed by atoms with Gasteiger partial charge >= 0.3 is 17.9 Å². The molecule has 1 aromatic heterocycles. The van der Waals surface area contributed by atoms with Gasteiger partial charge in [0.05, 0.1) is 16.4 Å². The van der Waals surface area contributed by atoms with Crippen molar-refractivity contribution in [3.05, 3.63) is 64.3 Å². The highest BCUT2D eigenvalue weighted by Crippen LogP contribution is 2.66. The minimum Gasteiger partial charge on any atom is -0.483 e. The molecule has 214 valence electrons. The fourth-order valence-electron chi connectivity index (χ4n) is 6.60. The molecular weight excluding hydrogens is 528 g/mol. The normalized spacial score (nSPS) is 28.9. The van der Waals surface area contributed by atoms with E-state index in [1.807, 2.05) is 44.2 Å². The highest BCUT2D eigenvalue weighted by molar-refractivity contribution is 5.94. The summed E-state index contributed by atoms with van der Waals surface area (Å²) in [6, 6.07) is 13.7. The van der Waals surface area contributed by atoms with Gasteiger partial charge in [-0.25, -0.2) is 4.79 Å². The second-order valence-electron chi connectivity index (χ2n) is 12.4. The molecule has 0 amide bonds. The van der Waals surface area contributed by atoms with Gasteiger partial charge in [0.15, 0.2) is 17.6 Å². The summed E-state index contributed by atoms with van der Waals surface area (Å²) >= 11 is 0. The van der Waals surface area contributed by atoms with Crippen LogP contribution in [0, 0.1) is 10.8 Å². The first-order chi connectivity index (χ1) is 19.2. The number of hydrogen-bond acceptors (Lipinski definition) is 9. The monoisotopic (exact) mass is 560 g/mol. The molecule has 1 aliphatic carbocycles. The van der Waals surface area contributed by atoms with Gasteiger partial charge in [0, 0.05) is 24.0 Å². The lowest BCUT2D eigenvalue weighted by molar-refractivity contribution is -0.206. The summed E-state index contributed by atoms with van der Waals surface area (Å²) in [6.45, 7) is 10.2. The first-order valence-electron chi connectivity index (χ1n) is 13.7. The van der Waals surface area contributed by atoms with Crippen LogP contribution in [0.1, 0.15) is 66.1 Å². The summed E-state index contributed by atoms with van der Waals surface area (Å²) < 4.78 is 30.4. The maximum Gasteiger partial charge on any atom is 0.351 e. The van der Waals surface area contributed by atoms with Gasteiger partial charge in [0.25, 0.3) is 0 Å². The van der Waals surface area contributed by atoms with Crippen LogP contribution < -0.4 is 10.2 Å². The Hall–Kier alpha value is -4.14. The molecule has 1 saturated carbocycles. The molecular formula is C32H32O9. The highest BCUT2D eigenvalue weighted by atomic mass is 16.6. The van der Waals surface area contributed by atoms with Crippen LogP contribution in [0.3, 0.4) is 0 Å². The van der Waals surface area contributed by atoms with Crippen LogP contribution >= 0.6 is 0 Å². The van der Waals surface area contributed by atoms with E-state index in [4.69, 9.17) is 23.4 Å². The third kappa shape index (κ3) is 3.67. The van der Waals surface area contributed by atoms with Crippen molar-refractivity contribution in [1.29, 1.82) is 0 Å². The van der Waals surface area contributed by atoms with E-state index in [2.05, 4.69) is 0 Å². The molecule has 2 aromatic carbocycles. The summed E-state index contributed by atoms with van der Waals surface area (Å²) in [5.74, 6) is -1.18. The highest BCUT2D eigenvalue weighted by Gasteiger charge is 2.76. The molecule has 2 unspecified atom stereocenters. The minimum atomic E-state index is -1.52. The molecule has 2 bridgehead atoms. The average molecular weight is 561 g/mol. The molecule has 3 aromatic rings. The Bertz CT molecular complexity index is 1670. The van der Waals surface area contributed by atoms with Crippen molar-refractivity contribution in [2.75, 3.05) is 0 Å². The molecule has 3 heterocycles. The summed E-state index contributed by atoms with van der Waals surface area (Å²) in [7, 11) is 0. The van der Waals surface area contributed by atoms with Crippen LogP contribution in [0.5, 0.6) is 5.75 Å². The number of ether oxygens (including phenoxy) is 4.